The van der Waals surface area contributed by atoms with Gasteiger partial charge in [0.2, 0.25) is 21.8 Å². The van der Waals surface area contributed by atoms with Crippen molar-refractivity contribution in [1.29, 1.82) is 0 Å². The molecule has 0 saturated carbocycles. The molecule has 2 aliphatic heterocycles. The van der Waals surface area contributed by atoms with Gasteiger partial charge < -0.3 is 20.1 Å². The molecular weight excluding hydrogens is 415 g/mol. The molecule has 11 heteroatoms. The van der Waals surface area contributed by atoms with Gasteiger partial charge in [-0.15, -0.1) is 0 Å². The third-order valence-electron chi connectivity index (χ3n) is 5.29. The summed E-state index contributed by atoms with van der Waals surface area (Å²) in [5.74, 6) is 0.0954. The maximum Gasteiger partial charge on any atom is 0.244 e. The number of hydrogen-bond acceptors (Lipinski definition) is 7. The number of nitrogens with zero attached hydrogens (tertiary/aromatic N) is 3. The molecule has 0 spiro atoms. The Bertz CT molecular complexity index is 848. The van der Waals surface area contributed by atoms with Crippen LogP contribution in [0.1, 0.15) is 12.8 Å². The first-order valence-electron chi connectivity index (χ1n) is 9.89. The molecule has 1 aromatic rings. The first-order chi connectivity index (χ1) is 14.5. The van der Waals surface area contributed by atoms with Gasteiger partial charge in [-0.1, -0.05) is 0 Å². The van der Waals surface area contributed by atoms with Gasteiger partial charge in [0.15, 0.2) is 0 Å². The average Bonchev–Trinajstić information content (AvgIpc) is 2.80. The molecular formula is C19H27FN4O5S. The summed E-state index contributed by atoms with van der Waals surface area (Å²) in [4.78, 5) is 18.5. The fourth-order valence-corrected chi connectivity index (χ4v) is 4.86. The Morgan fingerprint density at radius 3 is 2.53 bits per heavy atom. The van der Waals surface area contributed by atoms with E-state index in [9.17, 15) is 17.6 Å². The van der Waals surface area contributed by atoms with Crippen LogP contribution in [0.3, 0.4) is 0 Å². The first-order valence-corrected chi connectivity index (χ1v) is 11.3. The summed E-state index contributed by atoms with van der Waals surface area (Å²) in [6.07, 6.45) is 2.58. The van der Waals surface area contributed by atoms with Crippen LogP contribution in [0.5, 0.6) is 5.88 Å². The van der Waals surface area contributed by atoms with Gasteiger partial charge in [-0.3, -0.25) is 4.79 Å². The zero-order chi connectivity index (χ0) is 21.6. The lowest BCUT2D eigenvalue weighted by atomic mass is 9.96. The molecule has 3 rings (SSSR count). The SMILES string of the molecule is NC/C(=C\F)COc1ccc(S(=O)(=O)N2CCC(C(=O)N3CCOCC3)CC2)cn1. The third-order valence-corrected chi connectivity index (χ3v) is 7.18. The molecule has 0 aliphatic carbocycles. The molecule has 3 heterocycles. The van der Waals surface area contributed by atoms with E-state index in [1.807, 2.05) is 0 Å². The van der Waals surface area contributed by atoms with Crippen LogP contribution in [0.2, 0.25) is 0 Å². The first kappa shape index (κ1) is 22.6. The minimum absolute atomic E-state index is 0.0208. The lowest BCUT2D eigenvalue weighted by molar-refractivity contribution is -0.140. The topological polar surface area (TPSA) is 115 Å². The molecule has 30 heavy (non-hydrogen) atoms. The van der Waals surface area contributed by atoms with Gasteiger partial charge in [0.25, 0.3) is 0 Å². The molecule has 9 nitrogen and oxygen atoms in total. The Labute approximate surface area is 175 Å². The van der Waals surface area contributed by atoms with Crippen LogP contribution in [0.25, 0.3) is 0 Å². The van der Waals surface area contributed by atoms with Crippen LogP contribution in [0.4, 0.5) is 4.39 Å². The molecule has 1 aromatic heterocycles. The minimum Gasteiger partial charge on any atom is -0.473 e. The fourth-order valence-electron chi connectivity index (χ4n) is 3.44. The maximum atomic E-state index is 12.9. The number of ether oxygens (including phenoxy) is 2. The average molecular weight is 443 g/mol. The van der Waals surface area contributed by atoms with Crippen molar-refractivity contribution in [3.05, 3.63) is 30.2 Å². The number of piperidine rings is 1. The largest absolute Gasteiger partial charge is 0.473 e. The van der Waals surface area contributed by atoms with Crippen molar-refractivity contribution in [3.63, 3.8) is 0 Å². The maximum absolute atomic E-state index is 12.9. The second-order valence-corrected chi connectivity index (χ2v) is 9.15. The molecule has 2 fully saturated rings. The zero-order valence-corrected chi connectivity index (χ0v) is 17.5. The Morgan fingerprint density at radius 2 is 1.97 bits per heavy atom. The van der Waals surface area contributed by atoms with Crippen LogP contribution >= 0.6 is 0 Å². The van der Waals surface area contributed by atoms with Crippen LogP contribution in [-0.2, 0) is 19.6 Å². The van der Waals surface area contributed by atoms with Gasteiger partial charge in [0.1, 0.15) is 11.5 Å². The van der Waals surface area contributed by atoms with Gasteiger partial charge in [0.05, 0.1) is 25.7 Å². The number of amides is 1. The van der Waals surface area contributed by atoms with E-state index >= 15 is 0 Å². The number of carbonyl (C=O) groups is 1. The van der Waals surface area contributed by atoms with Gasteiger partial charge in [0, 0.05) is 50.3 Å². The van der Waals surface area contributed by atoms with E-state index in [0.717, 1.165) is 0 Å². The number of rotatable bonds is 7. The summed E-state index contributed by atoms with van der Waals surface area (Å²) in [6, 6.07) is 2.83. The Hall–Kier alpha value is -2.08. The minimum atomic E-state index is -3.71. The van der Waals surface area contributed by atoms with Crippen molar-refractivity contribution in [2.24, 2.45) is 11.7 Å². The van der Waals surface area contributed by atoms with Gasteiger partial charge in [-0.05, 0) is 18.9 Å². The summed E-state index contributed by atoms with van der Waals surface area (Å²) >= 11 is 0. The number of halogens is 1. The number of aromatic nitrogens is 1. The smallest absolute Gasteiger partial charge is 0.244 e. The Balaban J connectivity index is 1.56. The van der Waals surface area contributed by atoms with Gasteiger partial charge in [-0.2, -0.15) is 4.31 Å². The van der Waals surface area contributed by atoms with Gasteiger partial charge in [-0.25, -0.2) is 17.8 Å². The van der Waals surface area contributed by atoms with E-state index in [1.54, 1.807) is 4.90 Å². The van der Waals surface area contributed by atoms with Gasteiger partial charge >= 0.3 is 0 Å². The van der Waals surface area contributed by atoms with Crippen molar-refractivity contribution in [1.82, 2.24) is 14.2 Å². The highest BCUT2D eigenvalue weighted by Gasteiger charge is 2.34. The molecule has 0 unspecified atom stereocenters. The molecule has 0 aromatic carbocycles. The van der Waals surface area contributed by atoms with E-state index < -0.39 is 10.0 Å². The second kappa shape index (κ2) is 10.3. The highest BCUT2D eigenvalue weighted by molar-refractivity contribution is 7.89. The molecule has 2 aliphatic rings. The van der Waals surface area contributed by atoms with Crippen LogP contribution in [0.15, 0.2) is 35.1 Å². The summed E-state index contributed by atoms with van der Waals surface area (Å²) in [7, 11) is -3.71. The molecule has 0 bridgehead atoms. The van der Waals surface area contributed by atoms with E-state index in [2.05, 4.69) is 4.98 Å². The highest BCUT2D eigenvalue weighted by atomic mass is 32.2. The van der Waals surface area contributed by atoms with E-state index in [1.165, 1.54) is 22.6 Å². The number of carbonyl (C=O) groups excluding carboxylic acids is 1. The molecule has 0 radical (unpaired) electrons. The van der Waals surface area contributed by atoms with Crippen molar-refractivity contribution in [3.8, 4) is 5.88 Å². The lowest BCUT2D eigenvalue weighted by Gasteiger charge is -2.35. The summed E-state index contributed by atoms with van der Waals surface area (Å²) in [5.41, 5.74) is 5.63. The molecule has 2 N–H and O–H groups in total. The quantitative estimate of drug-likeness (QED) is 0.655. The number of hydrogen-bond donors (Lipinski definition) is 1. The molecule has 2 saturated heterocycles. The monoisotopic (exact) mass is 442 g/mol. The molecule has 0 atom stereocenters. The van der Waals surface area contributed by atoms with Crippen molar-refractivity contribution < 1.29 is 27.1 Å². The second-order valence-electron chi connectivity index (χ2n) is 7.21. The van der Waals surface area contributed by atoms with Crippen molar-refractivity contribution in [2.75, 3.05) is 52.5 Å². The van der Waals surface area contributed by atoms with Crippen molar-refractivity contribution >= 4 is 15.9 Å². The lowest BCUT2D eigenvalue weighted by Crippen LogP contribution is -2.47. The molecule has 1 amide bonds. The number of pyridine rings is 1. The fraction of sp³-hybridized carbons (Fsp3) is 0.579. The predicted octanol–water partition coefficient (Wildman–Crippen LogP) is 0.532. The standard InChI is InChI=1S/C19H27FN4O5S/c20-11-15(12-21)14-29-18-2-1-17(13-22-18)30(26,27)24-5-3-16(4-6-24)19(25)23-7-9-28-10-8-23/h1-2,11,13,16H,3-10,12,14,21H2/b15-11+. The predicted molar refractivity (Wildman–Crippen MR) is 107 cm³/mol. The number of nitrogens with two attached hydrogens (primary N) is 1. The third kappa shape index (κ3) is 5.34. The highest BCUT2D eigenvalue weighted by Crippen LogP contribution is 2.25. The summed E-state index contributed by atoms with van der Waals surface area (Å²) in [6.45, 7) is 2.79. The Kier molecular flexibility index (Phi) is 7.75. The van der Waals surface area contributed by atoms with Crippen LogP contribution in [-0.4, -0.2) is 81.1 Å². The Morgan fingerprint density at radius 1 is 1.27 bits per heavy atom. The number of sulfonamides is 1. The van der Waals surface area contributed by atoms with E-state index in [4.69, 9.17) is 15.2 Å². The van der Waals surface area contributed by atoms with Crippen LogP contribution < -0.4 is 10.5 Å². The van der Waals surface area contributed by atoms with Crippen molar-refractivity contribution in [2.45, 2.75) is 17.7 Å². The summed E-state index contributed by atoms with van der Waals surface area (Å²) in [5, 5.41) is 0. The summed E-state index contributed by atoms with van der Waals surface area (Å²) < 4.78 is 50.3. The van der Waals surface area contributed by atoms with E-state index in [-0.39, 0.29) is 54.4 Å². The normalized spacial score (nSPS) is 19.7. The van der Waals surface area contributed by atoms with Crippen LogP contribution in [0, 0.1) is 5.92 Å². The molecule has 166 valence electrons. The van der Waals surface area contributed by atoms with E-state index in [0.29, 0.717) is 45.5 Å². The number of morpholine rings is 1. The zero-order valence-electron chi connectivity index (χ0n) is 16.7.